The van der Waals surface area contributed by atoms with Crippen molar-refractivity contribution in [3.63, 3.8) is 0 Å². The maximum atomic E-state index is 11.8. The van der Waals surface area contributed by atoms with E-state index in [0.717, 1.165) is 44.1 Å². The monoisotopic (exact) mass is 348 g/mol. The van der Waals surface area contributed by atoms with Crippen molar-refractivity contribution >= 4 is 17.8 Å². The summed E-state index contributed by atoms with van der Waals surface area (Å²) in [7, 11) is 3.55. The molecule has 0 atom stereocenters. The molecule has 1 aromatic rings. The average Bonchev–Trinajstić information content (AvgIpc) is 2.58. The molecule has 0 aromatic heterocycles. The van der Waals surface area contributed by atoms with Crippen LogP contribution in [0.3, 0.4) is 0 Å². The molecule has 0 aliphatic heterocycles. The number of carbonyl (C=O) groups is 3. The van der Waals surface area contributed by atoms with Gasteiger partial charge in [-0.05, 0) is 37.0 Å². The number of nitrogens with one attached hydrogen (secondary N) is 1. The number of amides is 2. The zero-order valence-electron chi connectivity index (χ0n) is 15.1. The van der Waals surface area contributed by atoms with Crippen LogP contribution in [0.2, 0.25) is 0 Å². The largest absolute Gasteiger partial charge is 0.480 e. The molecule has 0 fully saturated rings. The summed E-state index contributed by atoms with van der Waals surface area (Å²) >= 11 is 0. The van der Waals surface area contributed by atoms with Crippen LogP contribution in [0.25, 0.3) is 0 Å². The fourth-order valence-electron chi connectivity index (χ4n) is 2.49. The summed E-state index contributed by atoms with van der Waals surface area (Å²) in [5, 5.41) is 11.0. The van der Waals surface area contributed by atoms with Gasteiger partial charge in [0.05, 0.1) is 0 Å². The number of hydrogen-bond acceptors (Lipinski definition) is 3. The summed E-state index contributed by atoms with van der Waals surface area (Å²) < 4.78 is 0. The van der Waals surface area contributed by atoms with Gasteiger partial charge >= 0.3 is 5.97 Å². The van der Waals surface area contributed by atoms with Crippen molar-refractivity contribution < 1.29 is 19.5 Å². The van der Waals surface area contributed by atoms with Crippen molar-refractivity contribution in [1.29, 1.82) is 0 Å². The van der Waals surface area contributed by atoms with Crippen LogP contribution in [-0.2, 0) is 16.0 Å². The number of benzene rings is 1. The average molecular weight is 348 g/mol. The van der Waals surface area contributed by atoms with E-state index >= 15 is 0 Å². The zero-order chi connectivity index (χ0) is 18.7. The molecule has 0 saturated heterocycles. The Hall–Kier alpha value is -2.37. The van der Waals surface area contributed by atoms with Crippen molar-refractivity contribution in [3.8, 4) is 0 Å². The van der Waals surface area contributed by atoms with Gasteiger partial charge in [-0.3, -0.25) is 14.4 Å². The first-order valence-corrected chi connectivity index (χ1v) is 8.69. The Labute approximate surface area is 149 Å². The van der Waals surface area contributed by atoms with Crippen LogP contribution in [0.15, 0.2) is 24.3 Å². The number of aliphatic carboxylic acids is 1. The fourth-order valence-corrected chi connectivity index (χ4v) is 2.49. The highest BCUT2D eigenvalue weighted by Crippen LogP contribution is 2.12. The summed E-state index contributed by atoms with van der Waals surface area (Å²) in [5.41, 5.74) is 1.56. The van der Waals surface area contributed by atoms with Crippen molar-refractivity contribution in [2.24, 2.45) is 0 Å². The lowest BCUT2D eigenvalue weighted by molar-refractivity contribution is -0.135. The van der Waals surface area contributed by atoms with Crippen molar-refractivity contribution in [2.45, 2.75) is 44.9 Å². The maximum Gasteiger partial charge on any atom is 0.322 e. The number of carbonyl (C=O) groups excluding carboxylic acids is 2. The highest BCUT2D eigenvalue weighted by atomic mass is 16.4. The summed E-state index contributed by atoms with van der Waals surface area (Å²) in [4.78, 5) is 35.4. The molecule has 2 N–H and O–H groups in total. The molecule has 2 amide bonds. The van der Waals surface area contributed by atoms with Gasteiger partial charge in [-0.15, -0.1) is 0 Å². The number of aryl methyl sites for hydroxylation is 1. The molecule has 0 radical (unpaired) electrons. The van der Waals surface area contributed by atoms with Gasteiger partial charge in [0.2, 0.25) is 5.91 Å². The second-order valence-corrected chi connectivity index (χ2v) is 6.33. The normalized spacial score (nSPS) is 10.3. The van der Waals surface area contributed by atoms with E-state index in [9.17, 15) is 14.4 Å². The molecule has 6 nitrogen and oxygen atoms in total. The number of nitrogens with zero attached hydrogens (tertiary/aromatic N) is 1. The van der Waals surface area contributed by atoms with Gasteiger partial charge in [-0.25, -0.2) is 0 Å². The van der Waals surface area contributed by atoms with Crippen LogP contribution in [0.5, 0.6) is 0 Å². The second kappa shape index (κ2) is 11.2. The number of hydrogen-bond donors (Lipinski definition) is 2. The lowest BCUT2D eigenvalue weighted by atomic mass is 10.0. The van der Waals surface area contributed by atoms with Crippen LogP contribution in [0, 0.1) is 0 Å². The first-order valence-electron chi connectivity index (χ1n) is 8.69. The Kier molecular flexibility index (Phi) is 9.29. The van der Waals surface area contributed by atoms with E-state index in [1.54, 1.807) is 25.1 Å². The lowest BCUT2D eigenvalue weighted by Gasteiger charge is -2.09. The van der Waals surface area contributed by atoms with Gasteiger partial charge in [0.25, 0.3) is 5.91 Å². The van der Waals surface area contributed by atoms with Gasteiger partial charge in [0, 0.05) is 26.1 Å². The Balaban J connectivity index is 2.25. The van der Waals surface area contributed by atoms with Gasteiger partial charge in [0.15, 0.2) is 0 Å². The molecular weight excluding hydrogens is 320 g/mol. The topological polar surface area (TPSA) is 86.7 Å². The molecule has 138 valence electrons. The quantitative estimate of drug-likeness (QED) is 0.602. The third-order valence-corrected chi connectivity index (χ3v) is 3.94. The molecule has 1 rings (SSSR count). The Morgan fingerprint density at radius 3 is 2.40 bits per heavy atom. The van der Waals surface area contributed by atoms with Crippen LogP contribution >= 0.6 is 0 Å². The summed E-state index contributed by atoms with van der Waals surface area (Å²) in [6.45, 7) is -0.376. The van der Waals surface area contributed by atoms with E-state index in [4.69, 9.17) is 5.11 Å². The number of carboxylic acids is 1. The Bertz CT molecular complexity index is 585. The third kappa shape index (κ3) is 8.88. The van der Waals surface area contributed by atoms with E-state index in [2.05, 4.69) is 5.32 Å². The molecule has 1 aromatic carbocycles. The van der Waals surface area contributed by atoms with E-state index in [-0.39, 0.29) is 18.4 Å². The first kappa shape index (κ1) is 20.7. The number of carboxylic acid groups (broad SMARTS) is 1. The molecule has 0 heterocycles. The summed E-state index contributed by atoms with van der Waals surface area (Å²) in [6.07, 6.45) is 6.69. The zero-order valence-corrected chi connectivity index (χ0v) is 15.1. The molecule has 0 unspecified atom stereocenters. The van der Waals surface area contributed by atoms with Crippen LogP contribution < -0.4 is 5.32 Å². The first-order chi connectivity index (χ1) is 11.9. The van der Waals surface area contributed by atoms with Gasteiger partial charge in [-0.1, -0.05) is 31.4 Å². The fraction of sp³-hybridized carbons (Fsp3) is 0.526. The number of unbranched alkanes of at least 4 members (excludes halogenated alkanes) is 4. The summed E-state index contributed by atoms with van der Waals surface area (Å²) in [6, 6.07) is 7.29. The Morgan fingerprint density at radius 1 is 1.04 bits per heavy atom. The SMILES string of the molecule is CN(C)C(=O)CCCCCCCc1cccc(C(=O)NCC(=O)O)c1. The standard InChI is InChI=1S/C19H28N2O4/c1-21(2)17(22)12-7-5-3-4-6-9-15-10-8-11-16(13-15)19(25)20-14-18(23)24/h8,10-11,13H,3-7,9,12,14H2,1-2H3,(H,20,25)(H,23,24). The molecule has 0 aliphatic carbocycles. The predicted octanol–water partition coefficient (Wildman–Crippen LogP) is 2.47. The van der Waals surface area contributed by atoms with E-state index in [1.165, 1.54) is 0 Å². The highest BCUT2D eigenvalue weighted by Gasteiger charge is 2.07. The highest BCUT2D eigenvalue weighted by molar-refractivity contribution is 5.95. The van der Waals surface area contributed by atoms with Gasteiger partial charge in [0.1, 0.15) is 6.54 Å². The van der Waals surface area contributed by atoms with E-state index in [0.29, 0.717) is 12.0 Å². The van der Waals surface area contributed by atoms with E-state index < -0.39 is 5.97 Å². The maximum absolute atomic E-state index is 11.8. The molecule has 0 bridgehead atoms. The predicted molar refractivity (Wildman–Crippen MR) is 96.5 cm³/mol. The van der Waals surface area contributed by atoms with Crippen LogP contribution in [0.1, 0.15) is 54.4 Å². The van der Waals surface area contributed by atoms with Crippen LogP contribution in [0.4, 0.5) is 0 Å². The smallest absolute Gasteiger partial charge is 0.322 e. The van der Waals surface area contributed by atoms with Crippen molar-refractivity contribution in [3.05, 3.63) is 35.4 Å². The lowest BCUT2D eigenvalue weighted by Crippen LogP contribution is -2.29. The number of rotatable bonds is 11. The second-order valence-electron chi connectivity index (χ2n) is 6.33. The molecule has 6 heteroatoms. The minimum absolute atomic E-state index is 0.179. The minimum atomic E-state index is -1.06. The molecule has 25 heavy (non-hydrogen) atoms. The van der Waals surface area contributed by atoms with Gasteiger partial charge < -0.3 is 15.3 Å². The minimum Gasteiger partial charge on any atom is -0.480 e. The molecule has 0 saturated carbocycles. The Morgan fingerprint density at radius 2 is 1.72 bits per heavy atom. The summed E-state index contributed by atoms with van der Waals surface area (Å²) in [5.74, 6) is -1.25. The molecule has 0 spiro atoms. The van der Waals surface area contributed by atoms with Crippen LogP contribution in [-0.4, -0.2) is 48.4 Å². The van der Waals surface area contributed by atoms with Gasteiger partial charge in [-0.2, -0.15) is 0 Å². The molecular formula is C19H28N2O4. The third-order valence-electron chi connectivity index (χ3n) is 3.94. The van der Waals surface area contributed by atoms with E-state index in [1.807, 2.05) is 18.2 Å². The van der Waals surface area contributed by atoms with Crippen molar-refractivity contribution in [2.75, 3.05) is 20.6 Å². The van der Waals surface area contributed by atoms with Crippen molar-refractivity contribution in [1.82, 2.24) is 10.2 Å². The molecule has 0 aliphatic rings.